The highest BCUT2D eigenvalue weighted by Gasteiger charge is 2.11. The second-order valence-corrected chi connectivity index (χ2v) is 9.40. The summed E-state index contributed by atoms with van der Waals surface area (Å²) in [5.41, 5.74) is 5.06. The number of amides is 2. The fourth-order valence-electron chi connectivity index (χ4n) is 4.19. The van der Waals surface area contributed by atoms with Crippen LogP contribution in [-0.2, 0) is 38.8 Å². The summed E-state index contributed by atoms with van der Waals surface area (Å²) in [4.78, 5) is 35.4. The van der Waals surface area contributed by atoms with Crippen LogP contribution in [0.4, 0.5) is 10.5 Å². The lowest BCUT2D eigenvalue weighted by Gasteiger charge is -2.12. The Morgan fingerprint density at radius 3 is 2.33 bits per heavy atom. The SMILES string of the molecule is COC(=O)CCC(=O)OC[n+]1cccc(CNC(=O)Nc2ccc(OCCc3ccccc3-c3ccccc3)cc2)c1. The minimum atomic E-state index is -0.499. The van der Waals surface area contributed by atoms with E-state index < -0.39 is 11.9 Å². The van der Waals surface area contributed by atoms with Gasteiger partial charge in [0.1, 0.15) is 5.75 Å². The summed E-state index contributed by atoms with van der Waals surface area (Å²) < 4.78 is 17.3. The Labute approximate surface area is 245 Å². The van der Waals surface area contributed by atoms with Crippen LogP contribution in [0.15, 0.2) is 103 Å². The topological polar surface area (TPSA) is 107 Å². The summed E-state index contributed by atoms with van der Waals surface area (Å²) in [5.74, 6) is -0.245. The number of ether oxygens (including phenoxy) is 3. The number of aromatic nitrogens is 1. The predicted molar refractivity (Wildman–Crippen MR) is 157 cm³/mol. The molecule has 216 valence electrons. The average molecular weight is 569 g/mol. The van der Waals surface area contributed by atoms with E-state index in [1.165, 1.54) is 23.8 Å². The summed E-state index contributed by atoms with van der Waals surface area (Å²) >= 11 is 0. The van der Waals surface area contributed by atoms with E-state index in [0.29, 0.717) is 12.3 Å². The van der Waals surface area contributed by atoms with Crippen molar-refractivity contribution in [3.05, 3.63) is 115 Å². The zero-order valence-electron chi connectivity index (χ0n) is 23.5. The van der Waals surface area contributed by atoms with Crippen LogP contribution in [0.2, 0.25) is 0 Å². The van der Waals surface area contributed by atoms with Gasteiger partial charge in [0.25, 0.3) is 6.73 Å². The molecule has 0 fully saturated rings. The Morgan fingerprint density at radius 1 is 0.810 bits per heavy atom. The molecule has 1 aromatic heterocycles. The van der Waals surface area contributed by atoms with Gasteiger partial charge in [0, 0.05) is 23.7 Å². The molecule has 0 aliphatic carbocycles. The fourth-order valence-corrected chi connectivity index (χ4v) is 4.19. The van der Waals surface area contributed by atoms with E-state index in [9.17, 15) is 14.4 Å². The number of hydrogen-bond acceptors (Lipinski definition) is 6. The highest BCUT2D eigenvalue weighted by atomic mass is 16.5. The van der Waals surface area contributed by atoms with E-state index >= 15 is 0 Å². The van der Waals surface area contributed by atoms with Gasteiger partial charge in [-0.1, -0.05) is 54.6 Å². The number of hydrogen-bond donors (Lipinski definition) is 2. The molecule has 2 N–H and O–H groups in total. The van der Waals surface area contributed by atoms with Crippen LogP contribution in [0.1, 0.15) is 24.0 Å². The van der Waals surface area contributed by atoms with Crippen LogP contribution in [0.3, 0.4) is 0 Å². The van der Waals surface area contributed by atoms with Crippen LogP contribution in [0.5, 0.6) is 5.75 Å². The summed E-state index contributed by atoms with van der Waals surface area (Å²) in [7, 11) is 1.27. The number of benzene rings is 3. The van der Waals surface area contributed by atoms with Crippen molar-refractivity contribution in [1.29, 1.82) is 0 Å². The maximum atomic E-state index is 12.4. The van der Waals surface area contributed by atoms with E-state index in [1.807, 2.05) is 48.5 Å². The number of nitrogens with one attached hydrogen (secondary N) is 2. The van der Waals surface area contributed by atoms with Crippen molar-refractivity contribution in [2.45, 2.75) is 32.5 Å². The summed E-state index contributed by atoms with van der Waals surface area (Å²) in [5, 5.41) is 5.62. The molecule has 0 atom stereocenters. The van der Waals surface area contributed by atoms with Crippen molar-refractivity contribution in [1.82, 2.24) is 5.32 Å². The number of methoxy groups -OCH3 is 1. The van der Waals surface area contributed by atoms with Crippen LogP contribution in [0, 0.1) is 0 Å². The highest BCUT2D eigenvalue weighted by molar-refractivity contribution is 5.89. The number of urea groups is 1. The van der Waals surface area contributed by atoms with Crippen LogP contribution < -0.4 is 19.9 Å². The van der Waals surface area contributed by atoms with E-state index in [4.69, 9.17) is 9.47 Å². The first kappa shape index (κ1) is 29.8. The van der Waals surface area contributed by atoms with Gasteiger partial charge in [-0.2, -0.15) is 4.57 Å². The molecule has 0 unspecified atom stereocenters. The number of rotatable bonds is 13. The van der Waals surface area contributed by atoms with Crippen molar-refractivity contribution in [3.63, 3.8) is 0 Å². The molecule has 2 amide bonds. The number of anilines is 1. The van der Waals surface area contributed by atoms with Gasteiger partial charge in [0.05, 0.1) is 33.1 Å². The first-order chi connectivity index (χ1) is 20.5. The Bertz CT molecular complexity index is 1470. The molecule has 4 aromatic rings. The van der Waals surface area contributed by atoms with Gasteiger partial charge >= 0.3 is 18.0 Å². The molecule has 9 heteroatoms. The molecule has 0 spiro atoms. The Kier molecular flexibility index (Phi) is 11.0. The molecule has 4 rings (SSSR count). The number of esters is 2. The summed E-state index contributed by atoms with van der Waals surface area (Å²) in [6.07, 6.45) is 4.19. The number of nitrogens with zero attached hydrogens (tertiary/aromatic N) is 1. The lowest BCUT2D eigenvalue weighted by atomic mass is 9.98. The van der Waals surface area contributed by atoms with Gasteiger partial charge in [-0.15, -0.1) is 0 Å². The minimum absolute atomic E-state index is 0.00595. The largest absolute Gasteiger partial charge is 0.493 e. The molecule has 0 aliphatic rings. The minimum Gasteiger partial charge on any atom is -0.493 e. The van der Waals surface area contributed by atoms with Crippen molar-refractivity contribution in [3.8, 4) is 16.9 Å². The standard InChI is InChI=1S/C33H33N3O6/c1-40-31(37)17-18-32(38)42-24-36-20-7-8-25(23-36)22-34-33(39)35-28-13-15-29(16-14-28)41-21-19-27-11-5-6-12-30(27)26-9-3-2-4-10-26/h2-16,20,23H,17-19,21-22,24H2,1H3,(H-,34,35,39)/p+1. The third-order valence-electron chi connectivity index (χ3n) is 6.36. The van der Waals surface area contributed by atoms with Gasteiger partial charge in [0.15, 0.2) is 12.4 Å². The van der Waals surface area contributed by atoms with Crippen molar-refractivity contribution >= 4 is 23.7 Å². The molecule has 0 radical (unpaired) electrons. The van der Waals surface area contributed by atoms with E-state index in [-0.39, 0.29) is 32.1 Å². The maximum absolute atomic E-state index is 12.4. The van der Waals surface area contributed by atoms with Crippen molar-refractivity contribution < 1.29 is 33.2 Å². The molecule has 1 heterocycles. The smallest absolute Gasteiger partial charge is 0.319 e. The average Bonchev–Trinajstić information content (AvgIpc) is 3.03. The van der Waals surface area contributed by atoms with E-state index in [0.717, 1.165) is 17.7 Å². The maximum Gasteiger partial charge on any atom is 0.319 e. The number of carbonyl (C=O) groups excluding carboxylic acids is 3. The number of pyridine rings is 1. The molecule has 0 saturated heterocycles. The molecule has 0 bridgehead atoms. The van der Waals surface area contributed by atoms with Gasteiger partial charge in [-0.05, 0) is 47.0 Å². The second kappa shape index (κ2) is 15.6. The van der Waals surface area contributed by atoms with Crippen LogP contribution in [-0.4, -0.2) is 31.7 Å². The van der Waals surface area contributed by atoms with Gasteiger partial charge < -0.3 is 24.8 Å². The molecule has 0 aliphatic heterocycles. The third kappa shape index (κ3) is 9.48. The first-order valence-corrected chi connectivity index (χ1v) is 13.6. The fraction of sp³-hybridized carbons (Fsp3) is 0.212. The van der Waals surface area contributed by atoms with E-state index in [1.54, 1.807) is 35.2 Å². The molecule has 3 aromatic carbocycles. The zero-order chi connectivity index (χ0) is 29.6. The lowest BCUT2D eigenvalue weighted by Crippen LogP contribution is -2.37. The van der Waals surface area contributed by atoms with Crippen molar-refractivity contribution in [2.24, 2.45) is 0 Å². The third-order valence-corrected chi connectivity index (χ3v) is 6.36. The molecule has 0 saturated carbocycles. The second-order valence-electron chi connectivity index (χ2n) is 9.40. The van der Waals surface area contributed by atoms with Crippen molar-refractivity contribution in [2.75, 3.05) is 19.0 Å². The lowest BCUT2D eigenvalue weighted by molar-refractivity contribution is -0.728. The molecular formula is C33H34N3O6+. The normalized spacial score (nSPS) is 10.4. The summed E-state index contributed by atoms with van der Waals surface area (Å²) in [6.45, 7) is 0.795. The van der Waals surface area contributed by atoms with Crippen LogP contribution >= 0.6 is 0 Å². The quantitative estimate of drug-likeness (QED) is 0.173. The summed E-state index contributed by atoms with van der Waals surface area (Å²) in [6, 6.07) is 29.1. The highest BCUT2D eigenvalue weighted by Crippen LogP contribution is 2.24. The zero-order valence-corrected chi connectivity index (χ0v) is 23.5. The predicted octanol–water partition coefficient (Wildman–Crippen LogP) is 5.04. The monoisotopic (exact) mass is 568 g/mol. The molecule has 42 heavy (non-hydrogen) atoms. The molecular weight excluding hydrogens is 534 g/mol. The molecule has 9 nitrogen and oxygen atoms in total. The Hall–Kier alpha value is -5.18. The van der Waals surface area contributed by atoms with Crippen LogP contribution in [0.25, 0.3) is 11.1 Å². The number of carbonyl (C=O) groups is 3. The van der Waals surface area contributed by atoms with E-state index in [2.05, 4.69) is 39.6 Å². The van der Waals surface area contributed by atoms with Gasteiger partial charge in [-0.3, -0.25) is 9.59 Å². The van der Waals surface area contributed by atoms with Gasteiger partial charge in [0.2, 0.25) is 0 Å². The Morgan fingerprint density at radius 2 is 1.55 bits per heavy atom. The van der Waals surface area contributed by atoms with Gasteiger partial charge in [-0.25, -0.2) is 4.79 Å². The first-order valence-electron chi connectivity index (χ1n) is 13.6. The Balaban J connectivity index is 1.19.